The molecule has 0 bridgehead atoms. The second kappa shape index (κ2) is 4.13. The van der Waals surface area contributed by atoms with Crippen molar-refractivity contribution in [3.8, 4) is 0 Å². The van der Waals surface area contributed by atoms with E-state index in [2.05, 4.69) is 15.9 Å². The van der Waals surface area contributed by atoms with Crippen LogP contribution in [0.25, 0.3) is 6.08 Å². The van der Waals surface area contributed by atoms with E-state index in [4.69, 9.17) is 0 Å². The molecule has 0 aliphatic rings. The highest BCUT2D eigenvalue weighted by Gasteiger charge is 2.08. The molecule has 0 saturated carbocycles. The minimum absolute atomic E-state index is 0.246. The lowest BCUT2D eigenvalue weighted by molar-refractivity contribution is -0.385. The zero-order valence-corrected chi connectivity index (χ0v) is 7.99. The van der Waals surface area contributed by atoms with Crippen molar-refractivity contribution in [1.29, 1.82) is 0 Å². The molecule has 0 fully saturated rings. The smallest absolute Gasteiger partial charge is 0.258 e. The predicted octanol–water partition coefficient (Wildman–Crippen LogP) is 3.10. The van der Waals surface area contributed by atoms with Crippen LogP contribution in [0, 0.1) is 15.9 Å². The first-order valence-electron chi connectivity index (χ1n) is 3.36. The fraction of sp³-hybridized carbons (Fsp3) is 0. The molecular formula is C8H5BrFNO2. The molecule has 1 rings (SSSR count). The third kappa shape index (κ3) is 2.35. The van der Waals surface area contributed by atoms with Crippen LogP contribution < -0.4 is 0 Å². The fourth-order valence-corrected chi connectivity index (χ4v) is 1.12. The highest BCUT2D eigenvalue weighted by Crippen LogP contribution is 2.17. The molecule has 0 radical (unpaired) electrons. The van der Waals surface area contributed by atoms with Gasteiger partial charge in [-0.05, 0) is 17.1 Å². The normalized spacial score (nSPS) is 10.6. The Labute approximate surface area is 82.2 Å². The first-order chi connectivity index (χ1) is 6.15. The largest absolute Gasteiger partial charge is 0.272 e. The van der Waals surface area contributed by atoms with Crippen LogP contribution in [-0.4, -0.2) is 4.92 Å². The molecule has 3 nitrogen and oxygen atoms in total. The van der Waals surface area contributed by atoms with Gasteiger partial charge in [0.05, 0.1) is 11.0 Å². The fourth-order valence-electron chi connectivity index (χ4n) is 0.833. The molecule has 5 heteroatoms. The van der Waals surface area contributed by atoms with Gasteiger partial charge in [-0.15, -0.1) is 0 Å². The molecule has 1 aromatic rings. The molecule has 13 heavy (non-hydrogen) atoms. The Morgan fingerprint density at radius 1 is 1.54 bits per heavy atom. The van der Waals surface area contributed by atoms with Crippen molar-refractivity contribution >= 4 is 27.7 Å². The summed E-state index contributed by atoms with van der Waals surface area (Å²) in [5.74, 6) is -0.607. The van der Waals surface area contributed by atoms with E-state index in [-0.39, 0.29) is 5.69 Å². The summed E-state index contributed by atoms with van der Waals surface area (Å²) >= 11 is 2.99. The van der Waals surface area contributed by atoms with Gasteiger partial charge in [-0.2, -0.15) is 0 Å². The third-order valence-corrected chi connectivity index (χ3v) is 1.70. The number of nitro benzene ring substituents is 1. The summed E-state index contributed by atoms with van der Waals surface area (Å²) in [5.41, 5.74) is 0.0618. The van der Waals surface area contributed by atoms with Gasteiger partial charge in [0.25, 0.3) is 5.69 Å². The third-order valence-electron chi connectivity index (χ3n) is 1.44. The van der Waals surface area contributed by atoms with E-state index in [1.54, 1.807) is 0 Å². The van der Waals surface area contributed by atoms with E-state index in [1.807, 2.05) is 0 Å². The Morgan fingerprint density at radius 3 is 2.69 bits per heavy atom. The van der Waals surface area contributed by atoms with E-state index in [1.165, 1.54) is 23.2 Å². The zero-order chi connectivity index (χ0) is 9.84. The second-order valence-corrected chi connectivity index (χ2v) is 2.78. The molecule has 0 aromatic heterocycles. The van der Waals surface area contributed by atoms with Gasteiger partial charge < -0.3 is 0 Å². The number of halogens is 2. The number of hydrogen-bond acceptors (Lipinski definition) is 2. The molecule has 0 atom stereocenters. The van der Waals surface area contributed by atoms with Crippen molar-refractivity contribution in [2.75, 3.05) is 0 Å². The molecule has 0 unspecified atom stereocenters. The maximum absolute atomic E-state index is 13.0. The molecule has 0 heterocycles. The summed E-state index contributed by atoms with van der Waals surface area (Å²) in [6.07, 6.45) is 1.47. The second-order valence-electron chi connectivity index (χ2n) is 2.26. The summed E-state index contributed by atoms with van der Waals surface area (Å²) in [6.45, 7) is 0. The zero-order valence-electron chi connectivity index (χ0n) is 6.41. The highest BCUT2D eigenvalue weighted by molar-refractivity contribution is 9.11. The van der Waals surface area contributed by atoms with Crippen molar-refractivity contribution in [2.45, 2.75) is 0 Å². The molecule has 68 valence electrons. The van der Waals surface area contributed by atoms with Gasteiger partial charge in [0.1, 0.15) is 5.82 Å². The van der Waals surface area contributed by atoms with Crippen LogP contribution in [0.15, 0.2) is 23.2 Å². The molecule has 0 aliphatic heterocycles. The minimum Gasteiger partial charge on any atom is -0.258 e. The van der Waals surface area contributed by atoms with Crippen LogP contribution in [0.5, 0.6) is 0 Å². The molecule has 0 aliphatic carbocycles. The van der Waals surface area contributed by atoms with Gasteiger partial charge in [-0.1, -0.05) is 15.9 Å². The standard InChI is InChI=1S/C8H5BrFNO2/c9-4-3-6-1-2-7(11(12)13)5-8(6)10/h1-5H/b4-3+. The number of rotatable bonds is 2. The Bertz CT molecular complexity index is 365. The lowest BCUT2D eigenvalue weighted by Gasteiger charge is -1.95. The van der Waals surface area contributed by atoms with Crippen LogP contribution in [0.2, 0.25) is 0 Å². The average Bonchev–Trinajstić information content (AvgIpc) is 2.08. The van der Waals surface area contributed by atoms with Crippen LogP contribution >= 0.6 is 15.9 Å². The van der Waals surface area contributed by atoms with E-state index in [0.29, 0.717) is 5.56 Å². The van der Waals surface area contributed by atoms with Crippen LogP contribution in [0.1, 0.15) is 5.56 Å². The number of benzene rings is 1. The van der Waals surface area contributed by atoms with Gasteiger partial charge in [0.15, 0.2) is 0 Å². The van der Waals surface area contributed by atoms with Gasteiger partial charge in [-0.3, -0.25) is 10.1 Å². The Morgan fingerprint density at radius 2 is 2.23 bits per heavy atom. The number of hydrogen-bond donors (Lipinski definition) is 0. The molecule has 0 N–H and O–H groups in total. The quantitative estimate of drug-likeness (QED) is 0.594. The van der Waals surface area contributed by atoms with E-state index in [9.17, 15) is 14.5 Å². The molecule has 1 aromatic carbocycles. The summed E-state index contributed by atoms with van der Waals surface area (Å²) in [6, 6.07) is 3.50. The lowest BCUT2D eigenvalue weighted by Crippen LogP contribution is -1.90. The summed E-state index contributed by atoms with van der Waals surface area (Å²) < 4.78 is 13.0. The first kappa shape index (κ1) is 9.85. The summed E-state index contributed by atoms with van der Waals surface area (Å²) in [7, 11) is 0. The summed E-state index contributed by atoms with van der Waals surface area (Å²) in [4.78, 5) is 11.1. The SMILES string of the molecule is O=[N+]([O-])c1ccc(/C=C/Br)c(F)c1. The van der Waals surface area contributed by atoms with Crippen molar-refractivity contribution in [3.05, 3.63) is 44.7 Å². The average molecular weight is 246 g/mol. The Kier molecular flexibility index (Phi) is 3.13. The van der Waals surface area contributed by atoms with Crippen molar-refractivity contribution in [1.82, 2.24) is 0 Å². The van der Waals surface area contributed by atoms with E-state index < -0.39 is 10.7 Å². The van der Waals surface area contributed by atoms with Gasteiger partial charge in [-0.25, -0.2) is 4.39 Å². The molecule has 0 spiro atoms. The van der Waals surface area contributed by atoms with Crippen LogP contribution in [0.3, 0.4) is 0 Å². The maximum Gasteiger partial charge on any atom is 0.272 e. The molecule has 0 amide bonds. The van der Waals surface area contributed by atoms with Crippen LogP contribution in [0.4, 0.5) is 10.1 Å². The summed E-state index contributed by atoms with van der Waals surface area (Å²) in [5, 5.41) is 10.2. The number of non-ortho nitro benzene ring substituents is 1. The first-order valence-corrected chi connectivity index (χ1v) is 4.27. The van der Waals surface area contributed by atoms with E-state index in [0.717, 1.165) is 6.07 Å². The Hall–Kier alpha value is -1.23. The van der Waals surface area contributed by atoms with Gasteiger partial charge >= 0.3 is 0 Å². The number of nitrogens with zero attached hydrogens (tertiary/aromatic N) is 1. The van der Waals surface area contributed by atoms with Gasteiger partial charge in [0.2, 0.25) is 0 Å². The topological polar surface area (TPSA) is 43.1 Å². The van der Waals surface area contributed by atoms with Gasteiger partial charge in [0, 0.05) is 11.6 Å². The molecule has 0 saturated heterocycles. The van der Waals surface area contributed by atoms with Crippen molar-refractivity contribution < 1.29 is 9.31 Å². The number of nitro groups is 1. The predicted molar refractivity (Wildman–Crippen MR) is 51.0 cm³/mol. The minimum atomic E-state index is -0.634. The highest BCUT2D eigenvalue weighted by atomic mass is 79.9. The maximum atomic E-state index is 13.0. The van der Waals surface area contributed by atoms with Crippen molar-refractivity contribution in [3.63, 3.8) is 0 Å². The van der Waals surface area contributed by atoms with Crippen LogP contribution in [-0.2, 0) is 0 Å². The molecular weight excluding hydrogens is 241 g/mol. The van der Waals surface area contributed by atoms with Crippen molar-refractivity contribution in [2.24, 2.45) is 0 Å². The Balaban J connectivity index is 3.12. The monoisotopic (exact) mass is 245 g/mol. The van der Waals surface area contributed by atoms with E-state index >= 15 is 0 Å². The lowest BCUT2D eigenvalue weighted by atomic mass is 10.2.